The quantitative estimate of drug-likeness (QED) is 0.402. The number of aliphatic hydroxyl groups excluding tert-OH is 3. The summed E-state index contributed by atoms with van der Waals surface area (Å²) in [6, 6.07) is 7.37. The van der Waals surface area contributed by atoms with E-state index in [1.807, 2.05) is 18.2 Å². The lowest BCUT2D eigenvalue weighted by molar-refractivity contribution is -0.0511. The van der Waals surface area contributed by atoms with Gasteiger partial charge >= 0.3 is 0 Å². The van der Waals surface area contributed by atoms with E-state index in [4.69, 9.17) is 22.1 Å². The lowest BCUT2D eigenvalue weighted by atomic mass is 10.1. The van der Waals surface area contributed by atoms with Crippen LogP contribution in [0, 0.1) is 0 Å². The molecule has 0 unspecified atom stereocenters. The second-order valence-electron chi connectivity index (χ2n) is 6.43. The molecule has 6 N–H and O–H groups in total. The summed E-state index contributed by atoms with van der Waals surface area (Å²) >= 11 is 6.16. The summed E-state index contributed by atoms with van der Waals surface area (Å²) in [5.74, 6) is 0.399. The van der Waals surface area contributed by atoms with Crippen molar-refractivity contribution in [3.63, 3.8) is 0 Å². The molecular formula is C17H19ClN6O4. The van der Waals surface area contributed by atoms with Gasteiger partial charge in [-0.3, -0.25) is 4.57 Å². The largest absolute Gasteiger partial charge is 0.394 e. The predicted molar refractivity (Wildman–Crippen MR) is 102 cm³/mol. The van der Waals surface area contributed by atoms with E-state index in [9.17, 15) is 15.3 Å². The lowest BCUT2D eigenvalue weighted by Crippen LogP contribution is -2.33. The van der Waals surface area contributed by atoms with Crippen LogP contribution in [0.15, 0.2) is 30.6 Å². The van der Waals surface area contributed by atoms with Crippen LogP contribution in [0.3, 0.4) is 0 Å². The second kappa shape index (κ2) is 7.49. The van der Waals surface area contributed by atoms with E-state index in [0.717, 1.165) is 5.56 Å². The normalized spacial score (nSPS) is 24.7. The molecule has 4 atom stereocenters. The molecule has 2 aromatic heterocycles. The van der Waals surface area contributed by atoms with E-state index in [1.165, 1.54) is 10.9 Å². The first-order valence-electron chi connectivity index (χ1n) is 8.59. The van der Waals surface area contributed by atoms with Crippen molar-refractivity contribution in [1.29, 1.82) is 0 Å². The molecule has 3 heterocycles. The van der Waals surface area contributed by atoms with Gasteiger partial charge in [-0.1, -0.05) is 29.8 Å². The number of ether oxygens (including phenoxy) is 1. The summed E-state index contributed by atoms with van der Waals surface area (Å²) in [5, 5.41) is 33.2. The highest BCUT2D eigenvalue weighted by Gasteiger charge is 2.44. The van der Waals surface area contributed by atoms with E-state index in [1.54, 1.807) is 6.07 Å². The van der Waals surface area contributed by atoms with Gasteiger partial charge in [0.15, 0.2) is 17.7 Å². The van der Waals surface area contributed by atoms with Gasteiger partial charge in [0, 0.05) is 11.6 Å². The van der Waals surface area contributed by atoms with Crippen molar-refractivity contribution in [2.24, 2.45) is 0 Å². The minimum atomic E-state index is -1.26. The fraction of sp³-hybridized carbons (Fsp3) is 0.353. The second-order valence-corrected chi connectivity index (χ2v) is 6.84. The van der Waals surface area contributed by atoms with Crippen molar-refractivity contribution >= 4 is 34.5 Å². The summed E-state index contributed by atoms with van der Waals surface area (Å²) in [6.45, 7) is -0.0459. The fourth-order valence-corrected chi connectivity index (χ4v) is 3.33. The SMILES string of the molecule is Nc1nc(NCc2ccccc2Cl)nc2c1ncn2[C@@H]1O[C@H](CO)[C@@H](O)[C@H]1O. The van der Waals surface area contributed by atoms with Gasteiger partial charge < -0.3 is 31.1 Å². The van der Waals surface area contributed by atoms with Crippen LogP contribution in [-0.4, -0.2) is 59.8 Å². The van der Waals surface area contributed by atoms with Crippen molar-refractivity contribution in [2.45, 2.75) is 31.1 Å². The molecule has 3 aromatic rings. The molecule has 0 saturated carbocycles. The standard InChI is InChI=1S/C17H19ClN6O4/c18-9-4-2-1-3-8(9)5-20-17-22-14(19)11-15(23-17)24(7-21-11)16-13(27)12(26)10(6-25)28-16/h1-4,7,10,12-13,16,25-27H,5-6H2,(H3,19,20,22,23)/t10-,12-,13-,16-/m1/s1. The number of rotatable bonds is 5. The predicted octanol–water partition coefficient (Wildman–Crippen LogP) is 0.285. The van der Waals surface area contributed by atoms with Crippen molar-refractivity contribution in [2.75, 3.05) is 17.7 Å². The number of imidazole rings is 1. The molecule has 28 heavy (non-hydrogen) atoms. The van der Waals surface area contributed by atoms with Crippen molar-refractivity contribution < 1.29 is 20.1 Å². The number of anilines is 2. The van der Waals surface area contributed by atoms with Gasteiger partial charge in [0.2, 0.25) is 5.95 Å². The molecule has 0 radical (unpaired) electrons. The maximum atomic E-state index is 10.3. The Kier molecular flexibility index (Phi) is 5.04. The molecule has 1 aliphatic heterocycles. The van der Waals surface area contributed by atoms with Crippen LogP contribution in [0.1, 0.15) is 11.8 Å². The van der Waals surface area contributed by atoms with E-state index in [2.05, 4.69) is 20.3 Å². The molecule has 1 saturated heterocycles. The first kappa shape index (κ1) is 18.8. The van der Waals surface area contributed by atoms with Gasteiger partial charge in [-0.25, -0.2) is 4.98 Å². The van der Waals surface area contributed by atoms with Gasteiger partial charge in [0.05, 0.1) is 12.9 Å². The highest BCUT2D eigenvalue weighted by molar-refractivity contribution is 6.31. The fourth-order valence-electron chi connectivity index (χ4n) is 3.13. The summed E-state index contributed by atoms with van der Waals surface area (Å²) in [4.78, 5) is 12.8. The number of fused-ring (bicyclic) bond motifs is 1. The summed E-state index contributed by atoms with van der Waals surface area (Å²) in [6.07, 6.45) is -2.97. The molecule has 4 rings (SSSR count). The van der Waals surface area contributed by atoms with E-state index >= 15 is 0 Å². The Morgan fingerprint density at radius 2 is 2.00 bits per heavy atom. The van der Waals surface area contributed by atoms with E-state index < -0.39 is 31.1 Å². The highest BCUT2D eigenvalue weighted by Crippen LogP contribution is 2.32. The van der Waals surface area contributed by atoms with Crippen LogP contribution in [-0.2, 0) is 11.3 Å². The molecule has 0 bridgehead atoms. The van der Waals surface area contributed by atoms with Crippen LogP contribution in [0.5, 0.6) is 0 Å². The number of halogens is 1. The Labute approximate surface area is 164 Å². The molecule has 1 fully saturated rings. The molecule has 1 aliphatic rings. The van der Waals surface area contributed by atoms with Crippen molar-refractivity contribution in [3.8, 4) is 0 Å². The number of hydrogen-bond acceptors (Lipinski definition) is 9. The molecule has 0 aliphatic carbocycles. The maximum absolute atomic E-state index is 10.3. The summed E-state index contributed by atoms with van der Waals surface area (Å²) < 4.78 is 7.00. The monoisotopic (exact) mass is 406 g/mol. The molecule has 1 aromatic carbocycles. The zero-order valence-corrected chi connectivity index (χ0v) is 15.4. The van der Waals surface area contributed by atoms with Crippen LogP contribution in [0.25, 0.3) is 11.2 Å². The lowest BCUT2D eigenvalue weighted by Gasteiger charge is -2.17. The Bertz CT molecular complexity index is 999. The molecule has 11 heteroatoms. The minimum absolute atomic E-state index is 0.150. The number of nitrogens with zero attached hydrogens (tertiary/aromatic N) is 4. The minimum Gasteiger partial charge on any atom is -0.394 e. The number of nitrogen functional groups attached to an aromatic ring is 1. The number of hydrogen-bond donors (Lipinski definition) is 5. The Morgan fingerprint density at radius 3 is 2.71 bits per heavy atom. The molecule has 10 nitrogen and oxygen atoms in total. The zero-order chi connectivity index (χ0) is 19.8. The third kappa shape index (κ3) is 3.25. The average Bonchev–Trinajstić information content (AvgIpc) is 3.23. The third-order valence-corrected chi connectivity index (χ3v) is 5.00. The first-order chi connectivity index (χ1) is 13.5. The van der Waals surface area contributed by atoms with Gasteiger partial charge in [0.25, 0.3) is 0 Å². The highest BCUT2D eigenvalue weighted by atomic mass is 35.5. The number of aliphatic hydroxyl groups is 3. The van der Waals surface area contributed by atoms with E-state index in [-0.39, 0.29) is 11.8 Å². The zero-order valence-electron chi connectivity index (χ0n) is 14.6. The van der Waals surface area contributed by atoms with Crippen LogP contribution >= 0.6 is 11.6 Å². The smallest absolute Gasteiger partial charge is 0.227 e. The van der Waals surface area contributed by atoms with Crippen LogP contribution in [0.2, 0.25) is 5.02 Å². The Morgan fingerprint density at radius 1 is 1.21 bits per heavy atom. The van der Waals surface area contributed by atoms with Gasteiger partial charge in [0.1, 0.15) is 23.8 Å². The number of aromatic nitrogens is 4. The Balaban J connectivity index is 1.64. The number of nitrogens with two attached hydrogens (primary N) is 1. The number of benzene rings is 1. The number of nitrogens with one attached hydrogen (secondary N) is 1. The average molecular weight is 407 g/mol. The maximum Gasteiger partial charge on any atom is 0.227 e. The van der Waals surface area contributed by atoms with E-state index in [0.29, 0.717) is 22.7 Å². The Hall–Kier alpha value is -2.50. The van der Waals surface area contributed by atoms with Gasteiger partial charge in [-0.15, -0.1) is 0 Å². The molecular weight excluding hydrogens is 388 g/mol. The molecule has 148 valence electrons. The first-order valence-corrected chi connectivity index (χ1v) is 8.97. The van der Waals surface area contributed by atoms with Crippen molar-refractivity contribution in [1.82, 2.24) is 19.5 Å². The van der Waals surface area contributed by atoms with Gasteiger partial charge in [-0.2, -0.15) is 9.97 Å². The third-order valence-electron chi connectivity index (χ3n) is 4.63. The molecule has 0 spiro atoms. The van der Waals surface area contributed by atoms with Crippen LogP contribution in [0.4, 0.5) is 11.8 Å². The van der Waals surface area contributed by atoms with Crippen molar-refractivity contribution in [3.05, 3.63) is 41.2 Å². The van der Waals surface area contributed by atoms with Gasteiger partial charge in [-0.05, 0) is 11.6 Å². The van der Waals surface area contributed by atoms with Crippen LogP contribution < -0.4 is 11.1 Å². The summed E-state index contributed by atoms with van der Waals surface area (Å²) in [5.41, 5.74) is 7.52. The topological polar surface area (TPSA) is 152 Å². The summed E-state index contributed by atoms with van der Waals surface area (Å²) in [7, 11) is 0. The molecule has 0 amide bonds.